The lowest BCUT2D eigenvalue weighted by Gasteiger charge is -2.05. The molecule has 8 aromatic rings. The number of benzene rings is 4. The van der Waals surface area contributed by atoms with Crippen LogP contribution in [0.25, 0.3) is 63.8 Å². The van der Waals surface area contributed by atoms with Crippen molar-refractivity contribution >= 4 is 75.1 Å². The molecule has 0 spiro atoms. The molecule has 0 aliphatic heterocycles. The smallest absolute Gasteiger partial charge is 0.159 e. The topological polar surface area (TPSA) is 8.20 Å². The van der Waals surface area contributed by atoms with Gasteiger partial charge >= 0.3 is 0 Å². The molecule has 0 saturated heterocycles. The van der Waals surface area contributed by atoms with Crippen LogP contribution in [0, 0.1) is 27.7 Å². The maximum absolute atomic E-state index is 2.44. The third-order valence-corrected chi connectivity index (χ3v) is 9.96. The number of nitrogens with zero attached hydrogens (tertiary/aromatic N) is 2. The first-order valence-corrected chi connectivity index (χ1v) is 15.0. The van der Waals surface area contributed by atoms with Gasteiger partial charge in [-0.25, -0.2) is 0 Å². The Morgan fingerprint density at radius 2 is 1.10 bits per heavy atom. The SMILES string of the molecule is Cc1ccc2c3cc4sc5c(C)cccc5c5ccccc5c4cc3[n+]3cc(C)c(C)cc3c3ccccc3[n+]2c1. The average Bonchev–Trinajstić information content (AvgIpc) is 3.12. The van der Waals surface area contributed by atoms with Gasteiger partial charge in [-0.05, 0) is 73.2 Å². The van der Waals surface area contributed by atoms with Crippen LogP contribution in [0.2, 0.25) is 0 Å². The van der Waals surface area contributed by atoms with Gasteiger partial charge in [0.15, 0.2) is 12.4 Å². The fraction of sp³-hybridized carbons (Fsp3) is 0.105. The monoisotopic (exact) mass is 546 g/mol. The molecule has 0 aliphatic rings. The van der Waals surface area contributed by atoms with E-state index in [1.54, 1.807) is 0 Å². The van der Waals surface area contributed by atoms with Crippen LogP contribution in [0.3, 0.4) is 0 Å². The van der Waals surface area contributed by atoms with Crippen LogP contribution in [0.5, 0.6) is 0 Å². The van der Waals surface area contributed by atoms with E-state index >= 15 is 0 Å². The Labute approximate surface area is 242 Å². The highest BCUT2D eigenvalue weighted by Crippen LogP contribution is 2.37. The molecule has 8 rings (SSSR count). The van der Waals surface area contributed by atoms with Gasteiger partial charge in [-0.1, -0.05) is 54.6 Å². The summed E-state index contributed by atoms with van der Waals surface area (Å²) in [6.07, 6.45) is 4.60. The van der Waals surface area contributed by atoms with Crippen molar-refractivity contribution in [2.75, 3.05) is 0 Å². The van der Waals surface area contributed by atoms with Gasteiger partial charge in [0.05, 0.1) is 0 Å². The number of hydrogen-bond donors (Lipinski definition) is 0. The molecule has 3 heteroatoms. The summed E-state index contributed by atoms with van der Waals surface area (Å²) >= 11 is 1.90. The highest BCUT2D eigenvalue weighted by Gasteiger charge is 2.22. The van der Waals surface area contributed by atoms with Crippen molar-refractivity contribution in [2.24, 2.45) is 0 Å². The second-order valence-corrected chi connectivity index (χ2v) is 12.4. The van der Waals surface area contributed by atoms with Gasteiger partial charge in [-0.2, -0.15) is 8.80 Å². The van der Waals surface area contributed by atoms with Crippen LogP contribution in [-0.4, -0.2) is 0 Å². The average molecular weight is 547 g/mol. The molecule has 0 bridgehead atoms. The fourth-order valence-corrected chi connectivity index (χ4v) is 7.61. The summed E-state index contributed by atoms with van der Waals surface area (Å²) < 4.78 is 7.45. The number of hydrogen-bond acceptors (Lipinski definition) is 1. The Balaban J connectivity index is 1.77. The van der Waals surface area contributed by atoms with Gasteiger partial charge in [0.25, 0.3) is 0 Å². The number of rotatable bonds is 0. The van der Waals surface area contributed by atoms with Gasteiger partial charge < -0.3 is 0 Å². The van der Waals surface area contributed by atoms with Crippen LogP contribution in [0.1, 0.15) is 22.3 Å². The predicted molar refractivity (Wildman–Crippen MR) is 175 cm³/mol. The van der Waals surface area contributed by atoms with E-state index in [1.165, 1.54) is 86.0 Å². The zero-order valence-electron chi connectivity index (χ0n) is 23.7. The van der Waals surface area contributed by atoms with Crippen molar-refractivity contribution in [1.29, 1.82) is 0 Å². The first kappa shape index (κ1) is 24.2. The number of aromatic nitrogens is 2. The van der Waals surface area contributed by atoms with Crippen molar-refractivity contribution in [3.05, 3.63) is 132 Å². The largest absolute Gasteiger partial charge is 0.225 e. The zero-order chi connectivity index (χ0) is 27.8. The molecule has 0 saturated carbocycles. The summed E-state index contributed by atoms with van der Waals surface area (Å²) in [5, 5.41) is 7.63. The van der Waals surface area contributed by atoms with Crippen molar-refractivity contribution in [3.8, 4) is 0 Å². The van der Waals surface area contributed by atoms with Gasteiger partial charge in [-0.3, -0.25) is 0 Å². The van der Waals surface area contributed by atoms with Gasteiger partial charge in [0, 0.05) is 50.2 Å². The van der Waals surface area contributed by atoms with Crippen LogP contribution in [0.15, 0.2) is 109 Å². The molecular weight excluding hydrogens is 516 g/mol. The Morgan fingerprint density at radius 3 is 1.93 bits per heavy atom. The molecule has 4 aromatic carbocycles. The fourth-order valence-electron chi connectivity index (χ4n) is 6.42. The van der Waals surface area contributed by atoms with Crippen molar-refractivity contribution in [2.45, 2.75) is 27.7 Å². The van der Waals surface area contributed by atoms with E-state index in [4.69, 9.17) is 0 Å². The van der Waals surface area contributed by atoms with Gasteiger partial charge in [0.1, 0.15) is 10.8 Å². The van der Waals surface area contributed by atoms with Crippen LogP contribution >= 0.6 is 11.3 Å². The van der Waals surface area contributed by atoms with E-state index in [2.05, 4.69) is 146 Å². The third kappa shape index (κ3) is 3.62. The van der Waals surface area contributed by atoms with Crippen LogP contribution in [0.4, 0.5) is 0 Å². The first-order valence-electron chi connectivity index (χ1n) is 14.2. The molecule has 41 heavy (non-hydrogen) atoms. The standard InChI is InChI=1S/C38H30N2S/c1-23-16-17-34-32-20-37-31(28-12-6-5-11-27(28)29-14-9-10-24(2)38(29)41-37)19-36(32)40-22-26(4)25(3)18-35(40)30-13-7-8-15-33(30)39(34)21-23/h5-22H,1-4H3/q+2. The lowest BCUT2D eigenvalue weighted by molar-refractivity contribution is -0.488. The molecule has 0 amide bonds. The van der Waals surface area contributed by atoms with Gasteiger partial charge in [-0.15, -0.1) is 11.3 Å². The minimum absolute atomic E-state index is 1.19. The Hall–Kier alpha value is -4.60. The molecule has 0 fully saturated rings. The van der Waals surface area contributed by atoms with E-state index in [-0.39, 0.29) is 0 Å². The minimum atomic E-state index is 1.19. The number of aryl methyl sites for hydroxylation is 4. The molecule has 0 atom stereocenters. The van der Waals surface area contributed by atoms with Crippen molar-refractivity contribution in [3.63, 3.8) is 0 Å². The third-order valence-electron chi connectivity index (χ3n) is 8.66. The number of fused-ring (bicyclic) bond motifs is 13. The highest BCUT2D eigenvalue weighted by atomic mass is 32.1. The summed E-state index contributed by atoms with van der Waals surface area (Å²) in [5.41, 5.74) is 9.92. The number of pyridine rings is 2. The lowest BCUT2D eigenvalue weighted by Crippen LogP contribution is -2.28. The second-order valence-electron chi connectivity index (χ2n) is 11.3. The molecule has 4 aromatic heterocycles. The summed E-state index contributed by atoms with van der Waals surface area (Å²) in [6.45, 7) is 8.84. The van der Waals surface area contributed by atoms with Crippen LogP contribution < -0.4 is 8.80 Å². The maximum Gasteiger partial charge on any atom is 0.225 e. The quantitative estimate of drug-likeness (QED) is 0.168. The molecule has 0 radical (unpaired) electrons. The van der Waals surface area contributed by atoms with Crippen molar-refractivity contribution in [1.82, 2.24) is 0 Å². The van der Waals surface area contributed by atoms with Crippen LogP contribution in [-0.2, 0) is 0 Å². The predicted octanol–water partition coefficient (Wildman–Crippen LogP) is 9.35. The Bertz CT molecular complexity index is 2470. The zero-order valence-corrected chi connectivity index (χ0v) is 24.5. The van der Waals surface area contributed by atoms with E-state index in [9.17, 15) is 0 Å². The van der Waals surface area contributed by atoms with E-state index in [1.807, 2.05) is 11.3 Å². The number of para-hydroxylation sites is 1. The first-order chi connectivity index (χ1) is 20.0. The minimum Gasteiger partial charge on any atom is -0.159 e. The van der Waals surface area contributed by atoms with E-state index in [0.29, 0.717) is 0 Å². The molecule has 4 heterocycles. The van der Waals surface area contributed by atoms with Crippen molar-refractivity contribution < 1.29 is 8.80 Å². The normalized spacial score (nSPS) is 11.9. The second kappa shape index (κ2) is 8.95. The molecular formula is C38H30N2S+2. The molecule has 2 nitrogen and oxygen atoms in total. The summed E-state index contributed by atoms with van der Waals surface area (Å²) in [4.78, 5) is 0. The lowest BCUT2D eigenvalue weighted by atomic mass is 10.0. The highest BCUT2D eigenvalue weighted by molar-refractivity contribution is 7.24. The summed E-state index contributed by atoms with van der Waals surface area (Å²) in [6, 6.07) is 36.2. The maximum atomic E-state index is 2.44. The molecule has 0 N–H and O–H groups in total. The summed E-state index contributed by atoms with van der Waals surface area (Å²) in [5.74, 6) is 0. The Kier molecular flexibility index (Phi) is 5.29. The van der Waals surface area contributed by atoms with E-state index in [0.717, 1.165) is 0 Å². The Morgan fingerprint density at radius 1 is 0.439 bits per heavy atom. The van der Waals surface area contributed by atoms with E-state index < -0.39 is 0 Å². The molecule has 0 unspecified atom stereocenters. The van der Waals surface area contributed by atoms with Gasteiger partial charge in [0.2, 0.25) is 22.1 Å². The summed E-state index contributed by atoms with van der Waals surface area (Å²) in [7, 11) is 0. The molecule has 196 valence electrons. The molecule has 0 aliphatic carbocycles.